The van der Waals surface area contributed by atoms with Gasteiger partial charge in [0.05, 0.1) is 5.69 Å². The normalized spacial score (nSPS) is 12.3. The van der Waals surface area contributed by atoms with E-state index in [4.69, 9.17) is 5.11 Å². The summed E-state index contributed by atoms with van der Waals surface area (Å²) in [4.78, 5) is 10.5. The number of carbonyl (C=O) groups is 1. The van der Waals surface area contributed by atoms with Gasteiger partial charge in [0.15, 0.2) is 6.10 Å². The number of benzene rings is 1. The van der Waals surface area contributed by atoms with E-state index >= 15 is 0 Å². The van der Waals surface area contributed by atoms with Crippen molar-refractivity contribution in [2.45, 2.75) is 12.5 Å². The molecule has 88 valence electrons. The van der Waals surface area contributed by atoms with Crippen molar-refractivity contribution in [3.8, 4) is 5.69 Å². The largest absolute Gasteiger partial charge is 0.479 e. The highest BCUT2D eigenvalue weighted by Crippen LogP contribution is 2.10. The Kier molecular flexibility index (Phi) is 3.20. The van der Waals surface area contributed by atoms with Gasteiger partial charge in [-0.1, -0.05) is 12.1 Å². The zero-order chi connectivity index (χ0) is 12.3. The Morgan fingerprint density at radius 2 is 2.06 bits per heavy atom. The van der Waals surface area contributed by atoms with E-state index in [1.807, 2.05) is 24.4 Å². The Morgan fingerprint density at radius 3 is 2.59 bits per heavy atom. The summed E-state index contributed by atoms with van der Waals surface area (Å²) in [6.07, 6.45) is 2.25. The van der Waals surface area contributed by atoms with Crippen LogP contribution in [-0.2, 0) is 11.2 Å². The number of aliphatic hydroxyl groups excluding tert-OH is 1. The molecule has 0 bridgehead atoms. The van der Waals surface area contributed by atoms with Crippen molar-refractivity contribution >= 4 is 5.97 Å². The zero-order valence-corrected chi connectivity index (χ0v) is 9.02. The highest BCUT2D eigenvalue weighted by Gasteiger charge is 2.13. The highest BCUT2D eigenvalue weighted by atomic mass is 16.4. The molecule has 0 aliphatic heterocycles. The van der Waals surface area contributed by atoms with E-state index in [9.17, 15) is 9.90 Å². The molecular weight excluding hydrogens is 220 g/mol. The van der Waals surface area contributed by atoms with E-state index in [0.29, 0.717) is 0 Å². The van der Waals surface area contributed by atoms with Gasteiger partial charge in [0.1, 0.15) is 0 Å². The van der Waals surface area contributed by atoms with Crippen molar-refractivity contribution < 1.29 is 15.0 Å². The van der Waals surface area contributed by atoms with Crippen molar-refractivity contribution in [3.63, 3.8) is 0 Å². The molecule has 17 heavy (non-hydrogen) atoms. The van der Waals surface area contributed by atoms with Crippen LogP contribution in [0.2, 0.25) is 0 Å². The third-order valence-electron chi connectivity index (χ3n) is 2.42. The van der Waals surface area contributed by atoms with Gasteiger partial charge in [-0.25, -0.2) is 9.48 Å². The lowest BCUT2D eigenvalue weighted by atomic mass is 10.1. The van der Waals surface area contributed by atoms with Crippen LogP contribution in [0.25, 0.3) is 5.69 Å². The lowest BCUT2D eigenvalue weighted by molar-refractivity contribution is -0.146. The molecule has 0 saturated heterocycles. The van der Waals surface area contributed by atoms with Crippen molar-refractivity contribution in [1.29, 1.82) is 0 Å². The van der Waals surface area contributed by atoms with E-state index in [1.54, 1.807) is 23.0 Å². The van der Waals surface area contributed by atoms with Crippen molar-refractivity contribution in [2.24, 2.45) is 0 Å². The Balaban J connectivity index is 2.11. The first-order chi connectivity index (χ1) is 8.16. The van der Waals surface area contributed by atoms with Crippen LogP contribution in [0.1, 0.15) is 5.56 Å². The predicted octanol–water partition coefficient (Wildman–Crippen LogP) is 0.860. The molecule has 1 heterocycles. The first-order valence-corrected chi connectivity index (χ1v) is 5.16. The van der Waals surface area contributed by atoms with Crippen LogP contribution in [0.5, 0.6) is 0 Å². The number of aliphatic carboxylic acids is 1. The molecule has 1 aromatic heterocycles. The molecule has 1 aromatic carbocycles. The minimum Gasteiger partial charge on any atom is -0.479 e. The molecule has 2 rings (SSSR count). The lowest BCUT2D eigenvalue weighted by Gasteiger charge is -2.06. The molecule has 5 nitrogen and oxygen atoms in total. The van der Waals surface area contributed by atoms with Crippen LogP contribution in [0.15, 0.2) is 42.7 Å². The number of hydrogen-bond donors (Lipinski definition) is 2. The Bertz CT molecular complexity index is 491. The number of aliphatic hydroxyl groups is 1. The van der Waals surface area contributed by atoms with Gasteiger partial charge in [-0.15, -0.1) is 0 Å². The molecule has 0 saturated carbocycles. The van der Waals surface area contributed by atoms with E-state index in [-0.39, 0.29) is 6.42 Å². The van der Waals surface area contributed by atoms with Gasteiger partial charge in [-0.2, -0.15) is 5.10 Å². The van der Waals surface area contributed by atoms with Gasteiger partial charge in [0, 0.05) is 18.8 Å². The van der Waals surface area contributed by atoms with E-state index < -0.39 is 12.1 Å². The Hall–Kier alpha value is -2.14. The second kappa shape index (κ2) is 4.80. The maximum absolute atomic E-state index is 10.5. The molecule has 1 unspecified atom stereocenters. The summed E-state index contributed by atoms with van der Waals surface area (Å²) in [5, 5.41) is 21.9. The summed E-state index contributed by atoms with van der Waals surface area (Å²) in [5.41, 5.74) is 1.67. The molecule has 0 spiro atoms. The van der Waals surface area contributed by atoms with Crippen LogP contribution in [0.3, 0.4) is 0 Å². The quantitative estimate of drug-likeness (QED) is 0.819. The first kappa shape index (κ1) is 11.3. The number of carboxylic acids is 1. The zero-order valence-electron chi connectivity index (χ0n) is 9.02. The number of hydrogen-bond acceptors (Lipinski definition) is 3. The Morgan fingerprint density at radius 1 is 1.35 bits per heavy atom. The summed E-state index contributed by atoms with van der Waals surface area (Å²) in [7, 11) is 0. The maximum Gasteiger partial charge on any atom is 0.332 e. The molecule has 0 fully saturated rings. The smallest absolute Gasteiger partial charge is 0.332 e. The SMILES string of the molecule is O=C(O)C(O)Cc1ccc(-n2cccn2)cc1. The lowest BCUT2D eigenvalue weighted by Crippen LogP contribution is -2.21. The van der Waals surface area contributed by atoms with Crippen LogP contribution in [-0.4, -0.2) is 32.1 Å². The fourth-order valence-electron chi connectivity index (χ4n) is 1.52. The van der Waals surface area contributed by atoms with E-state index in [1.165, 1.54) is 0 Å². The monoisotopic (exact) mass is 232 g/mol. The summed E-state index contributed by atoms with van der Waals surface area (Å²) < 4.78 is 1.71. The van der Waals surface area contributed by atoms with Gasteiger partial charge < -0.3 is 10.2 Å². The van der Waals surface area contributed by atoms with Crippen LogP contribution < -0.4 is 0 Å². The predicted molar refractivity (Wildman–Crippen MR) is 60.9 cm³/mol. The minimum absolute atomic E-state index is 0.106. The number of rotatable bonds is 4. The van der Waals surface area contributed by atoms with E-state index in [0.717, 1.165) is 11.3 Å². The molecule has 5 heteroatoms. The van der Waals surface area contributed by atoms with Crippen LogP contribution in [0.4, 0.5) is 0 Å². The summed E-state index contributed by atoms with van der Waals surface area (Å²) in [5.74, 6) is -1.21. The molecule has 1 atom stereocenters. The van der Waals surface area contributed by atoms with Gasteiger partial charge in [-0.05, 0) is 23.8 Å². The van der Waals surface area contributed by atoms with Crippen molar-refractivity contribution in [3.05, 3.63) is 48.3 Å². The molecule has 0 aliphatic carbocycles. The minimum atomic E-state index is -1.36. The molecule has 0 radical (unpaired) electrons. The summed E-state index contributed by atoms with van der Waals surface area (Å²) >= 11 is 0. The molecule has 2 aromatic rings. The third kappa shape index (κ3) is 2.70. The van der Waals surface area contributed by atoms with E-state index in [2.05, 4.69) is 5.10 Å². The first-order valence-electron chi connectivity index (χ1n) is 5.16. The second-order valence-electron chi connectivity index (χ2n) is 3.68. The van der Waals surface area contributed by atoms with Gasteiger partial charge >= 0.3 is 5.97 Å². The topological polar surface area (TPSA) is 75.3 Å². The highest BCUT2D eigenvalue weighted by molar-refractivity contribution is 5.72. The standard InChI is InChI=1S/C12H12N2O3/c15-11(12(16)17)8-9-2-4-10(5-3-9)14-7-1-6-13-14/h1-7,11,15H,8H2,(H,16,17). The van der Waals surface area contributed by atoms with Crippen molar-refractivity contribution in [1.82, 2.24) is 9.78 Å². The number of carboxylic acid groups (broad SMARTS) is 1. The summed E-state index contributed by atoms with van der Waals surface area (Å²) in [6, 6.07) is 9.04. The van der Waals surface area contributed by atoms with Crippen LogP contribution >= 0.6 is 0 Å². The molecule has 0 aliphatic rings. The second-order valence-corrected chi connectivity index (χ2v) is 3.68. The van der Waals surface area contributed by atoms with Crippen LogP contribution in [0, 0.1) is 0 Å². The molecule has 0 amide bonds. The average Bonchev–Trinajstić information content (AvgIpc) is 2.83. The number of aromatic nitrogens is 2. The average molecular weight is 232 g/mol. The van der Waals surface area contributed by atoms with Gasteiger partial charge in [0.2, 0.25) is 0 Å². The van der Waals surface area contributed by atoms with Gasteiger partial charge in [-0.3, -0.25) is 0 Å². The maximum atomic E-state index is 10.5. The molecule has 2 N–H and O–H groups in total. The van der Waals surface area contributed by atoms with Gasteiger partial charge in [0.25, 0.3) is 0 Å². The fourth-order valence-corrected chi connectivity index (χ4v) is 1.52. The molecular formula is C12H12N2O3. The number of nitrogens with zero attached hydrogens (tertiary/aromatic N) is 2. The Labute approximate surface area is 97.9 Å². The van der Waals surface area contributed by atoms with Crippen molar-refractivity contribution in [2.75, 3.05) is 0 Å². The third-order valence-corrected chi connectivity index (χ3v) is 2.42. The fraction of sp³-hybridized carbons (Fsp3) is 0.167. The summed E-state index contributed by atoms with van der Waals surface area (Å²) in [6.45, 7) is 0.